The third-order valence-corrected chi connectivity index (χ3v) is 3.09. The highest BCUT2D eigenvalue weighted by molar-refractivity contribution is 6.32. The Hall–Kier alpha value is -1.84. The van der Waals surface area contributed by atoms with E-state index < -0.39 is 11.9 Å². The molecule has 0 saturated carbocycles. The standard InChI is InChI=1S/C15H21NO3/c1-5-19-15(18)14(17)16-7-6-13-9-11(3)10(2)8-12(13)4/h8-9H,5-7H2,1-4H3,(H,16,17). The van der Waals surface area contributed by atoms with Gasteiger partial charge in [0.15, 0.2) is 0 Å². The minimum Gasteiger partial charge on any atom is -0.459 e. The van der Waals surface area contributed by atoms with E-state index in [0.717, 1.165) is 0 Å². The summed E-state index contributed by atoms with van der Waals surface area (Å²) in [7, 11) is 0. The Morgan fingerprint density at radius 3 is 2.37 bits per heavy atom. The smallest absolute Gasteiger partial charge is 0.396 e. The van der Waals surface area contributed by atoms with E-state index in [9.17, 15) is 9.59 Å². The van der Waals surface area contributed by atoms with Gasteiger partial charge < -0.3 is 10.1 Å². The van der Waals surface area contributed by atoms with E-state index in [-0.39, 0.29) is 6.61 Å². The van der Waals surface area contributed by atoms with Gasteiger partial charge in [0.25, 0.3) is 0 Å². The summed E-state index contributed by atoms with van der Waals surface area (Å²) < 4.78 is 4.61. The lowest BCUT2D eigenvalue weighted by molar-refractivity contribution is -0.154. The fraction of sp³-hybridized carbons (Fsp3) is 0.467. The zero-order chi connectivity index (χ0) is 14.4. The molecule has 4 heteroatoms. The van der Waals surface area contributed by atoms with E-state index in [1.54, 1.807) is 6.92 Å². The first-order valence-electron chi connectivity index (χ1n) is 6.47. The molecule has 1 aromatic carbocycles. The number of hydrogen-bond acceptors (Lipinski definition) is 3. The van der Waals surface area contributed by atoms with Crippen LogP contribution in [-0.2, 0) is 20.7 Å². The first-order valence-corrected chi connectivity index (χ1v) is 6.47. The van der Waals surface area contributed by atoms with Crippen molar-refractivity contribution in [3.63, 3.8) is 0 Å². The van der Waals surface area contributed by atoms with Crippen LogP contribution in [0.3, 0.4) is 0 Å². The molecule has 0 aliphatic rings. The van der Waals surface area contributed by atoms with Crippen LogP contribution in [0, 0.1) is 20.8 Å². The van der Waals surface area contributed by atoms with Crippen LogP contribution in [0.5, 0.6) is 0 Å². The second-order valence-electron chi connectivity index (χ2n) is 4.59. The molecule has 0 aliphatic heterocycles. The number of amides is 1. The molecular weight excluding hydrogens is 242 g/mol. The van der Waals surface area contributed by atoms with Crippen molar-refractivity contribution in [2.75, 3.05) is 13.2 Å². The molecule has 0 heterocycles. The van der Waals surface area contributed by atoms with E-state index >= 15 is 0 Å². The highest BCUT2D eigenvalue weighted by Gasteiger charge is 2.13. The Morgan fingerprint density at radius 2 is 1.74 bits per heavy atom. The Bertz CT molecular complexity index is 481. The fourth-order valence-corrected chi connectivity index (χ4v) is 1.87. The molecule has 0 radical (unpaired) electrons. The van der Waals surface area contributed by atoms with E-state index in [0.29, 0.717) is 13.0 Å². The number of carbonyl (C=O) groups is 2. The highest BCUT2D eigenvalue weighted by Crippen LogP contribution is 2.15. The number of rotatable bonds is 4. The molecule has 1 aromatic rings. The van der Waals surface area contributed by atoms with Gasteiger partial charge in [-0.05, 0) is 56.4 Å². The fourth-order valence-electron chi connectivity index (χ4n) is 1.87. The SMILES string of the molecule is CCOC(=O)C(=O)NCCc1cc(C)c(C)cc1C. The molecule has 0 spiro atoms. The molecule has 104 valence electrons. The third-order valence-electron chi connectivity index (χ3n) is 3.09. The van der Waals surface area contributed by atoms with Crippen molar-refractivity contribution in [2.45, 2.75) is 34.1 Å². The van der Waals surface area contributed by atoms with Crippen LogP contribution in [0.4, 0.5) is 0 Å². The van der Waals surface area contributed by atoms with Gasteiger partial charge in [-0.25, -0.2) is 4.79 Å². The van der Waals surface area contributed by atoms with Gasteiger partial charge in [-0.15, -0.1) is 0 Å². The number of aryl methyl sites for hydroxylation is 3. The van der Waals surface area contributed by atoms with E-state index in [1.807, 2.05) is 0 Å². The van der Waals surface area contributed by atoms with Crippen LogP contribution in [0.25, 0.3) is 0 Å². The van der Waals surface area contributed by atoms with Gasteiger partial charge in [0.2, 0.25) is 0 Å². The summed E-state index contributed by atoms with van der Waals surface area (Å²) in [5, 5.41) is 2.56. The number of ether oxygens (including phenoxy) is 1. The highest BCUT2D eigenvalue weighted by atomic mass is 16.5. The summed E-state index contributed by atoms with van der Waals surface area (Å²) in [6.45, 7) is 8.51. The van der Waals surface area contributed by atoms with Gasteiger partial charge in [-0.2, -0.15) is 0 Å². The molecule has 1 N–H and O–H groups in total. The lowest BCUT2D eigenvalue weighted by Gasteiger charge is -2.10. The van der Waals surface area contributed by atoms with Crippen molar-refractivity contribution in [1.82, 2.24) is 5.32 Å². The maximum absolute atomic E-state index is 11.3. The number of hydrogen-bond donors (Lipinski definition) is 1. The van der Waals surface area contributed by atoms with Crippen LogP contribution in [0.15, 0.2) is 12.1 Å². The van der Waals surface area contributed by atoms with Crippen molar-refractivity contribution in [3.8, 4) is 0 Å². The lowest BCUT2D eigenvalue weighted by atomic mass is 9.99. The maximum atomic E-state index is 11.3. The maximum Gasteiger partial charge on any atom is 0.396 e. The first-order chi connectivity index (χ1) is 8.95. The normalized spacial score (nSPS) is 10.1. The summed E-state index contributed by atoms with van der Waals surface area (Å²) >= 11 is 0. The van der Waals surface area contributed by atoms with Gasteiger partial charge in [-0.3, -0.25) is 4.79 Å². The molecule has 0 aromatic heterocycles. The Balaban J connectivity index is 2.52. The predicted molar refractivity (Wildman–Crippen MR) is 74.0 cm³/mol. The number of carbonyl (C=O) groups excluding carboxylic acids is 2. The quantitative estimate of drug-likeness (QED) is 0.666. The Kier molecular flexibility index (Phi) is 5.55. The molecule has 0 saturated heterocycles. The largest absolute Gasteiger partial charge is 0.459 e. The van der Waals surface area contributed by atoms with Gasteiger partial charge in [0, 0.05) is 6.54 Å². The zero-order valence-corrected chi connectivity index (χ0v) is 12.0. The molecule has 0 fully saturated rings. The monoisotopic (exact) mass is 263 g/mol. The Morgan fingerprint density at radius 1 is 1.11 bits per heavy atom. The Labute approximate surface area is 114 Å². The van der Waals surface area contributed by atoms with Gasteiger partial charge in [0.05, 0.1) is 6.61 Å². The summed E-state index contributed by atoms with van der Waals surface area (Å²) in [6.07, 6.45) is 0.706. The van der Waals surface area contributed by atoms with Gasteiger partial charge in [0.1, 0.15) is 0 Å². The summed E-state index contributed by atoms with van der Waals surface area (Å²) in [4.78, 5) is 22.5. The molecular formula is C15H21NO3. The summed E-state index contributed by atoms with van der Waals surface area (Å²) in [5.74, 6) is -1.50. The van der Waals surface area contributed by atoms with E-state index in [4.69, 9.17) is 0 Å². The zero-order valence-electron chi connectivity index (χ0n) is 12.0. The predicted octanol–water partition coefficient (Wildman–Crippen LogP) is 1.83. The lowest BCUT2D eigenvalue weighted by Crippen LogP contribution is -2.33. The topological polar surface area (TPSA) is 55.4 Å². The van der Waals surface area contributed by atoms with Crippen LogP contribution >= 0.6 is 0 Å². The summed E-state index contributed by atoms with van der Waals surface area (Å²) in [6, 6.07) is 4.26. The third kappa shape index (κ3) is 4.39. The second kappa shape index (κ2) is 6.92. The van der Waals surface area contributed by atoms with Crippen LogP contribution in [0.2, 0.25) is 0 Å². The molecule has 1 amide bonds. The molecule has 0 unspecified atom stereocenters. The second-order valence-corrected chi connectivity index (χ2v) is 4.59. The van der Waals surface area contributed by atoms with Crippen molar-refractivity contribution in [1.29, 1.82) is 0 Å². The van der Waals surface area contributed by atoms with Crippen molar-refractivity contribution < 1.29 is 14.3 Å². The minimum atomic E-state index is -0.820. The molecule has 0 bridgehead atoms. The average Bonchev–Trinajstić information content (AvgIpc) is 2.35. The molecule has 4 nitrogen and oxygen atoms in total. The molecule has 19 heavy (non-hydrogen) atoms. The van der Waals surface area contributed by atoms with Crippen molar-refractivity contribution >= 4 is 11.9 Å². The van der Waals surface area contributed by atoms with Gasteiger partial charge >= 0.3 is 11.9 Å². The molecule has 1 rings (SSSR count). The van der Waals surface area contributed by atoms with Crippen LogP contribution in [-0.4, -0.2) is 25.0 Å². The van der Waals surface area contributed by atoms with Crippen molar-refractivity contribution in [3.05, 3.63) is 34.4 Å². The van der Waals surface area contributed by atoms with Crippen LogP contribution in [0.1, 0.15) is 29.2 Å². The van der Waals surface area contributed by atoms with Gasteiger partial charge in [-0.1, -0.05) is 12.1 Å². The first kappa shape index (κ1) is 15.2. The number of esters is 1. The average molecular weight is 263 g/mol. The van der Waals surface area contributed by atoms with Crippen molar-refractivity contribution in [2.24, 2.45) is 0 Å². The molecule has 0 atom stereocenters. The van der Waals surface area contributed by atoms with Crippen LogP contribution < -0.4 is 5.32 Å². The van der Waals surface area contributed by atoms with E-state index in [2.05, 4.69) is 43.0 Å². The number of benzene rings is 1. The number of nitrogens with one attached hydrogen (secondary N) is 1. The minimum absolute atomic E-state index is 0.211. The molecule has 0 aliphatic carbocycles. The van der Waals surface area contributed by atoms with E-state index in [1.165, 1.54) is 22.3 Å². The summed E-state index contributed by atoms with van der Waals surface area (Å²) in [5.41, 5.74) is 4.88.